The van der Waals surface area contributed by atoms with Crippen molar-refractivity contribution in [3.8, 4) is 0 Å². The van der Waals surface area contributed by atoms with Gasteiger partial charge in [-0.15, -0.1) is 0 Å². The number of rotatable bonds is 4. The van der Waals surface area contributed by atoms with Gasteiger partial charge in [-0.3, -0.25) is 4.79 Å². The third-order valence-corrected chi connectivity index (χ3v) is 8.08. The van der Waals surface area contributed by atoms with Crippen LogP contribution in [0.1, 0.15) is 59.5 Å². The molecule has 1 unspecified atom stereocenters. The van der Waals surface area contributed by atoms with Crippen molar-refractivity contribution >= 4 is 35.0 Å². The van der Waals surface area contributed by atoms with Crippen LogP contribution in [-0.2, 0) is 6.18 Å². The number of alkyl halides is 3. The van der Waals surface area contributed by atoms with Crippen molar-refractivity contribution in [1.29, 1.82) is 0 Å². The quantitative estimate of drug-likeness (QED) is 0.326. The van der Waals surface area contributed by atoms with E-state index < -0.39 is 17.6 Å². The number of amides is 1. The summed E-state index contributed by atoms with van der Waals surface area (Å²) < 4.78 is 45.4. The molecule has 2 aromatic carbocycles. The van der Waals surface area contributed by atoms with Gasteiger partial charge in [0.2, 0.25) is 5.76 Å². The van der Waals surface area contributed by atoms with E-state index in [0.717, 1.165) is 40.7 Å². The zero-order valence-electron chi connectivity index (χ0n) is 26.1. The smallest absolute Gasteiger partial charge is 0.416 e. The number of allylic oxidation sites excluding steroid dienone is 1. The summed E-state index contributed by atoms with van der Waals surface area (Å²) in [6.45, 7) is 12.3. The number of hydrogen-bond donors (Lipinski definition) is 2. The van der Waals surface area contributed by atoms with Crippen molar-refractivity contribution < 1.29 is 22.4 Å². The van der Waals surface area contributed by atoms with Gasteiger partial charge < -0.3 is 24.9 Å². The third-order valence-electron chi connectivity index (χ3n) is 8.08. The number of halogens is 3. The standard InChI is InChI=1S/C33H38F3N7O2/c1-6-27-38-28(43-14-12-42(13-15-43)25-9-7-8-24(18-25)33(34,35)36)11-10-21(3)30(39-27)41-32-37-19-26(45-32)31(44)40-29-22(4)16-20(2)17-23(29)5/h6-9,16-19,21H,10-15H2,1-5H3,(H,40,44)(H,37,39,41)/b27-6+,38-28?. The number of nitrogens with one attached hydrogen (secondary N) is 2. The summed E-state index contributed by atoms with van der Waals surface area (Å²) in [6.07, 6.45) is 0.289. The SMILES string of the molecule is C/C=C1\N=C(N2CCN(c3cccc(C(F)(F)F)c3)CC2)CCC(C)C(=Nc2ncc(C(=O)Nc3c(C)cc(C)cc3C)o2)N1. The van der Waals surface area contributed by atoms with Gasteiger partial charge in [0.1, 0.15) is 17.5 Å². The zero-order chi connectivity index (χ0) is 32.3. The van der Waals surface area contributed by atoms with E-state index in [1.54, 1.807) is 6.07 Å². The number of aromatic nitrogens is 1. The van der Waals surface area contributed by atoms with E-state index in [4.69, 9.17) is 9.41 Å². The number of piperazine rings is 1. The predicted octanol–water partition coefficient (Wildman–Crippen LogP) is 7.00. The molecule has 1 fully saturated rings. The number of nitrogens with zero attached hydrogens (tertiary/aromatic N) is 5. The highest BCUT2D eigenvalue weighted by molar-refractivity contribution is 6.03. The zero-order valence-corrected chi connectivity index (χ0v) is 26.1. The van der Waals surface area contributed by atoms with Crippen molar-refractivity contribution in [3.05, 3.63) is 82.5 Å². The fourth-order valence-corrected chi connectivity index (χ4v) is 5.64. The maximum atomic E-state index is 13.2. The van der Waals surface area contributed by atoms with Crippen LogP contribution in [0.15, 0.2) is 68.9 Å². The number of benzene rings is 2. The molecule has 2 N–H and O–H groups in total. The minimum Gasteiger partial charge on any atom is -0.417 e. The Morgan fingerprint density at radius 3 is 2.44 bits per heavy atom. The Balaban J connectivity index is 1.25. The highest BCUT2D eigenvalue weighted by atomic mass is 19.4. The summed E-state index contributed by atoms with van der Waals surface area (Å²) in [5.74, 6) is 1.81. The normalized spacial score (nSPS) is 19.6. The van der Waals surface area contributed by atoms with Crippen LogP contribution >= 0.6 is 0 Å². The van der Waals surface area contributed by atoms with E-state index in [1.807, 2.05) is 57.7 Å². The summed E-state index contributed by atoms with van der Waals surface area (Å²) >= 11 is 0. The van der Waals surface area contributed by atoms with Gasteiger partial charge in [-0.05, 0) is 69.5 Å². The topological polar surface area (TPSA) is 98.4 Å². The Morgan fingerprint density at radius 1 is 1.09 bits per heavy atom. The Bertz CT molecular complexity index is 1630. The second-order valence-corrected chi connectivity index (χ2v) is 11.5. The molecule has 0 spiro atoms. The molecule has 3 heterocycles. The maximum Gasteiger partial charge on any atom is 0.416 e. The molecule has 9 nitrogen and oxygen atoms in total. The Labute approximate surface area is 260 Å². The minimum atomic E-state index is -4.37. The fraction of sp³-hybridized carbons (Fsp3) is 0.394. The third kappa shape index (κ3) is 7.55. The molecule has 0 aliphatic carbocycles. The van der Waals surface area contributed by atoms with Gasteiger partial charge in [0.25, 0.3) is 5.91 Å². The Morgan fingerprint density at radius 2 is 1.78 bits per heavy atom. The van der Waals surface area contributed by atoms with E-state index in [-0.39, 0.29) is 17.7 Å². The average Bonchev–Trinajstić information content (AvgIpc) is 3.47. The lowest BCUT2D eigenvalue weighted by atomic mass is 10.0. The van der Waals surface area contributed by atoms with Gasteiger partial charge in [0, 0.05) is 49.9 Å². The van der Waals surface area contributed by atoms with Gasteiger partial charge in [0.05, 0.1) is 11.8 Å². The van der Waals surface area contributed by atoms with Crippen molar-refractivity contribution in [3.63, 3.8) is 0 Å². The molecular formula is C33H38F3N7O2. The molecule has 2 aliphatic heterocycles. The van der Waals surface area contributed by atoms with Crippen LogP contribution in [0, 0.1) is 26.7 Å². The van der Waals surface area contributed by atoms with E-state index in [9.17, 15) is 18.0 Å². The molecular weight excluding hydrogens is 583 g/mol. The van der Waals surface area contributed by atoms with Crippen molar-refractivity contribution in [2.24, 2.45) is 15.9 Å². The first kappa shape index (κ1) is 31.8. The lowest BCUT2D eigenvalue weighted by Gasteiger charge is -2.38. The van der Waals surface area contributed by atoms with Gasteiger partial charge in [0.15, 0.2) is 0 Å². The first-order chi connectivity index (χ1) is 21.4. The first-order valence-electron chi connectivity index (χ1n) is 15.0. The molecule has 0 saturated carbocycles. The van der Waals surface area contributed by atoms with Crippen molar-refractivity contribution in [1.82, 2.24) is 15.2 Å². The lowest BCUT2D eigenvalue weighted by Crippen LogP contribution is -2.49. The lowest BCUT2D eigenvalue weighted by molar-refractivity contribution is -0.137. The number of amidine groups is 2. The second kappa shape index (κ2) is 13.2. The number of carbonyl (C=O) groups is 1. The van der Waals surface area contributed by atoms with Crippen LogP contribution < -0.4 is 15.5 Å². The van der Waals surface area contributed by atoms with Gasteiger partial charge in [-0.2, -0.15) is 23.1 Å². The molecule has 1 atom stereocenters. The molecule has 45 heavy (non-hydrogen) atoms. The summed E-state index contributed by atoms with van der Waals surface area (Å²) in [4.78, 5) is 30.8. The number of aliphatic imine (C=N–C) groups is 2. The van der Waals surface area contributed by atoms with Gasteiger partial charge in [-0.1, -0.05) is 30.7 Å². The number of oxazole rings is 1. The van der Waals surface area contributed by atoms with Crippen molar-refractivity contribution in [2.45, 2.75) is 53.6 Å². The van der Waals surface area contributed by atoms with Crippen LogP contribution in [0.25, 0.3) is 0 Å². The number of carbonyl (C=O) groups excluding carboxylic acids is 1. The van der Waals surface area contributed by atoms with E-state index in [2.05, 4.69) is 25.5 Å². The Kier molecular flexibility index (Phi) is 9.31. The monoisotopic (exact) mass is 621 g/mol. The van der Waals surface area contributed by atoms with Crippen LogP contribution in [0.5, 0.6) is 0 Å². The summed E-state index contributed by atoms with van der Waals surface area (Å²) in [5.41, 5.74) is 3.72. The molecule has 12 heteroatoms. The van der Waals surface area contributed by atoms with Crippen LogP contribution in [0.3, 0.4) is 0 Å². The number of aryl methyl sites for hydroxylation is 3. The first-order valence-corrected chi connectivity index (χ1v) is 15.0. The average molecular weight is 622 g/mol. The molecule has 3 aromatic rings. The predicted molar refractivity (Wildman–Crippen MR) is 170 cm³/mol. The molecule has 238 valence electrons. The molecule has 0 bridgehead atoms. The van der Waals surface area contributed by atoms with Gasteiger partial charge >= 0.3 is 12.2 Å². The minimum absolute atomic E-state index is 0.00104. The second-order valence-electron chi connectivity index (χ2n) is 11.5. The summed E-state index contributed by atoms with van der Waals surface area (Å²) in [6, 6.07) is 9.57. The van der Waals surface area contributed by atoms with Crippen molar-refractivity contribution in [2.75, 3.05) is 36.4 Å². The maximum absolute atomic E-state index is 13.2. The van der Waals surface area contributed by atoms with E-state index in [1.165, 1.54) is 18.3 Å². The highest BCUT2D eigenvalue weighted by Gasteiger charge is 2.31. The largest absolute Gasteiger partial charge is 0.417 e. The molecule has 5 rings (SSSR count). The van der Waals surface area contributed by atoms with E-state index in [0.29, 0.717) is 49.9 Å². The number of anilines is 2. The number of hydrogen-bond acceptors (Lipinski definition) is 7. The summed E-state index contributed by atoms with van der Waals surface area (Å²) in [7, 11) is 0. The molecule has 1 saturated heterocycles. The highest BCUT2D eigenvalue weighted by Crippen LogP contribution is 2.32. The van der Waals surface area contributed by atoms with Crippen LogP contribution in [0.4, 0.5) is 30.6 Å². The fourth-order valence-electron chi connectivity index (χ4n) is 5.64. The van der Waals surface area contributed by atoms with Crippen LogP contribution in [0.2, 0.25) is 0 Å². The Hall–Kier alpha value is -4.61. The van der Waals surface area contributed by atoms with Gasteiger partial charge in [-0.25, -0.2) is 4.99 Å². The van der Waals surface area contributed by atoms with E-state index >= 15 is 0 Å². The molecule has 1 amide bonds. The summed E-state index contributed by atoms with van der Waals surface area (Å²) in [5, 5.41) is 6.23. The molecule has 1 aromatic heterocycles. The van der Waals surface area contributed by atoms with Crippen LogP contribution in [-0.4, -0.2) is 53.6 Å². The molecule has 0 radical (unpaired) electrons. The molecule has 2 aliphatic rings.